The van der Waals surface area contributed by atoms with Crippen LogP contribution in [0.2, 0.25) is 0 Å². The summed E-state index contributed by atoms with van der Waals surface area (Å²) in [6.45, 7) is 1.32. The molecule has 0 aromatic carbocycles. The van der Waals surface area contributed by atoms with Gasteiger partial charge in [-0.25, -0.2) is 14.5 Å². The molecule has 0 radical (unpaired) electrons. The summed E-state index contributed by atoms with van der Waals surface area (Å²) in [5.74, 6) is -1.63. The van der Waals surface area contributed by atoms with Crippen LogP contribution < -0.4 is 11.5 Å². The van der Waals surface area contributed by atoms with Crippen molar-refractivity contribution in [3.8, 4) is 0 Å². The second-order valence-electron chi connectivity index (χ2n) is 4.99. The van der Waals surface area contributed by atoms with Crippen LogP contribution in [0.5, 0.6) is 0 Å². The highest BCUT2D eigenvalue weighted by Gasteiger charge is 2.45. The third kappa shape index (κ3) is 3.22. The van der Waals surface area contributed by atoms with E-state index in [0.29, 0.717) is 0 Å². The Balaban J connectivity index is 2.03. The molecule has 0 aliphatic carbocycles. The molecule has 5 atom stereocenters. The Labute approximate surface area is 124 Å². The number of ether oxygens (including phenoxy) is 2. The molecule has 122 valence electrons. The maximum atomic E-state index is 11.4. The lowest BCUT2D eigenvalue weighted by Crippen LogP contribution is -2.63. The van der Waals surface area contributed by atoms with Crippen LogP contribution in [0.15, 0.2) is 6.33 Å². The summed E-state index contributed by atoms with van der Waals surface area (Å²) in [4.78, 5) is 26.0. The van der Waals surface area contributed by atoms with Crippen molar-refractivity contribution in [3.63, 3.8) is 0 Å². The second-order valence-corrected chi connectivity index (χ2v) is 4.99. The van der Waals surface area contributed by atoms with Gasteiger partial charge in [-0.15, -0.1) is 5.10 Å². The van der Waals surface area contributed by atoms with Crippen LogP contribution in [0.3, 0.4) is 0 Å². The first-order valence-corrected chi connectivity index (χ1v) is 6.53. The summed E-state index contributed by atoms with van der Waals surface area (Å²) in [6.07, 6.45) is -3.49. The van der Waals surface area contributed by atoms with Gasteiger partial charge >= 0.3 is 5.97 Å². The summed E-state index contributed by atoms with van der Waals surface area (Å²) in [7, 11) is 0. The van der Waals surface area contributed by atoms with Gasteiger partial charge in [0.05, 0.1) is 0 Å². The highest BCUT2D eigenvalue weighted by atomic mass is 16.6. The molecular weight excluding hydrogens is 298 g/mol. The van der Waals surface area contributed by atoms with Crippen LogP contribution in [0.25, 0.3) is 0 Å². The maximum Gasteiger partial charge on any atom is 0.364 e. The van der Waals surface area contributed by atoms with Gasteiger partial charge in [0, 0.05) is 0 Å². The Morgan fingerprint density at radius 2 is 2.23 bits per heavy atom. The molecule has 0 spiro atoms. The van der Waals surface area contributed by atoms with E-state index in [1.165, 1.54) is 0 Å². The van der Waals surface area contributed by atoms with E-state index in [0.717, 1.165) is 11.0 Å². The molecule has 1 aliphatic rings. The van der Waals surface area contributed by atoms with E-state index in [1.54, 1.807) is 6.92 Å². The number of aliphatic hydroxyl groups excluding tert-OH is 2. The molecule has 11 nitrogen and oxygen atoms in total. The lowest BCUT2D eigenvalue weighted by Gasteiger charge is -2.14. The lowest BCUT2D eigenvalue weighted by atomic mass is 10.1. The fourth-order valence-electron chi connectivity index (χ4n) is 1.90. The van der Waals surface area contributed by atoms with Crippen molar-refractivity contribution in [2.45, 2.75) is 37.5 Å². The third-order valence-corrected chi connectivity index (χ3v) is 3.12. The van der Waals surface area contributed by atoms with Crippen LogP contribution in [0.4, 0.5) is 0 Å². The topological polar surface area (TPSA) is 177 Å². The summed E-state index contributed by atoms with van der Waals surface area (Å²) < 4.78 is 11.4. The Hall–Kier alpha value is -2.08. The van der Waals surface area contributed by atoms with Crippen LogP contribution in [-0.2, 0) is 14.3 Å². The molecular formula is C11H18N5O6+. The molecule has 2 rings (SSSR count). The van der Waals surface area contributed by atoms with Crippen molar-refractivity contribution in [2.75, 3.05) is 6.61 Å². The number of primary amides is 1. The SMILES string of the molecule is C[C@H]([NH3+])C(=O)OC[C@H]1O[C@@H](n2cnc(C(N)=O)n2)C(O)[C@@H]1O. The molecule has 0 saturated carbocycles. The van der Waals surface area contributed by atoms with Gasteiger partial charge in [-0.05, 0) is 6.92 Å². The number of hydrogen-bond donors (Lipinski definition) is 4. The Bertz CT molecular complexity index is 561. The molecule has 11 heteroatoms. The molecule has 1 unspecified atom stereocenters. The second kappa shape index (κ2) is 6.36. The van der Waals surface area contributed by atoms with Crippen LogP contribution in [0.1, 0.15) is 23.8 Å². The number of carbonyl (C=O) groups excluding carboxylic acids is 2. The Morgan fingerprint density at radius 3 is 2.77 bits per heavy atom. The molecule has 1 aromatic heterocycles. The zero-order valence-corrected chi connectivity index (χ0v) is 11.8. The van der Waals surface area contributed by atoms with E-state index in [9.17, 15) is 19.8 Å². The van der Waals surface area contributed by atoms with E-state index < -0.39 is 42.5 Å². The standard InChI is InChI=1S/C11H17N5O6/c1-4(12)11(20)21-2-5-6(17)7(18)10(22-5)16-3-14-9(15-16)8(13)19/h3-7,10,17-18H,2,12H2,1H3,(H2,13,19)/p+1/t4-,5+,6+,7?,10+/m0/s1. The number of hydrogen-bond acceptors (Lipinski definition) is 8. The zero-order valence-electron chi connectivity index (χ0n) is 11.8. The van der Waals surface area contributed by atoms with Gasteiger partial charge in [-0.1, -0.05) is 0 Å². The number of quaternary nitrogens is 1. The number of amides is 1. The number of rotatable bonds is 5. The molecule has 1 amide bonds. The summed E-state index contributed by atoms with van der Waals surface area (Å²) in [5, 5.41) is 23.6. The minimum atomic E-state index is -1.33. The number of aliphatic hydroxyl groups is 2. The zero-order chi connectivity index (χ0) is 16.4. The average molecular weight is 316 g/mol. The van der Waals surface area contributed by atoms with Crippen molar-refractivity contribution in [2.24, 2.45) is 5.73 Å². The van der Waals surface area contributed by atoms with Gasteiger partial charge in [-0.2, -0.15) is 0 Å². The minimum absolute atomic E-state index is 0.244. The predicted octanol–water partition coefficient (Wildman–Crippen LogP) is -3.83. The lowest BCUT2D eigenvalue weighted by molar-refractivity contribution is -0.403. The van der Waals surface area contributed by atoms with Crippen LogP contribution in [0, 0.1) is 0 Å². The third-order valence-electron chi connectivity index (χ3n) is 3.12. The first-order chi connectivity index (χ1) is 10.3. The Morgan fingerprint density at radius 1 is 1.55 bits per heavy atom. The molecule has 22 heavy (non-hydrogen) atoms. The van der Waals surface area contributed by atoms with E-state index in [2.05, 4.69) is 15.8 Å². The summed E-state index contributed by atoms with van der Waals surface area (Å²) >= 11 is 0. The van der Waals surface area contributed by atoms with Gasteiger partial charge in [-0.3, -0.25) is 4.79 Å². The number of carbonyl (C=O) groups is 2. The van der Waals surface area contributed by atoms with E-state index >= 15 is 0 Å². The van der Waals surface area contributed by atoms with Gasteiger partial charge in [0.2, 0.25) is 5.82 Å². The molecule has 1 fully saturated rings. The van der Waals surface area contributed by atoms with E-state index in [1.807, 2.05) is 0 Å². The monoisotopic (exact) mass is 316 g/mol. The maximum absolute atomic E-state index is 11.4. The molecule has 1 aromatic rings. The molecule has 7 N–H and O–H groups in total. The van der Waals surface area contributed by atoms with Crippen LogP contribution >= 0.6 is 0 Å². The number of esters is 1. The average Bonchev–Trinajstić information content (AvgIpc) is 3.04. The first-order valence-electron chi connectivity index (χ1n) is 6.53. The van der Waals surface area contributed by atoms with E-state index in [4.69, 9.17) is 15.2 Å². The predicted molar refractivity (Wildman–Crippen MR) is 67.8 cm³/mol. The largest absolute Gasteiger partial charge is 0.458 e. The number of aromatic nitrogens is 3. The normalized spacial score (nSPS) is 29.3. The summed E-state index contributed by atoms with van der Waals surface area (Å²) in [6, 6.07) is -0.562. The number of nitrogens with zero attached hydrogens (tertiary/aromatic N) is 3. The molecule has 1 aliphatic heterocycles. The highest BCUT2D eigenvalue weighted by Crippen LogP contribution is 2.28. The molecule has 0 bridgehead atoms. The fourth-order valence-corrected chi connectivity index (χ4v) is 1.90. The highest BCUT2D eigenvalue weighted by molar-refractivity contribution is 5.88. The Kier molecular flexibility index (Phi) is 4.71. The van der Waals surface area contributed by atoms with Gasteiger partial charge in [0.15, 0.2) is 12.3 Å². The molecule has 2 heterocycles. The fraction of sp³-hybridized carbons (Fsp3) is 0.636. The van der Waals surface area contributed by atoms with Crippen molar-refractivity contribution < 1.29 is 35.0 Å². The van der Waals surface area contributed by atoms with Gasteiger partial charge in [0.1, 0.15) is 31.2 Å². The molecule has 1 saturated heterocycles. The quantitative estimate of drug-likeness (QED) is 0.399. The number of nitrogens with two attached hydrogens (primary N) is 1. The van der Waals surface area contributed by atoms with Crippen molar-refractivity contribution in [1.82, 2.24) is 14.8 Å². The van der Waals surface area contributed by atoms with E-state index in [-0.39, 0.29) is 12.4 Å². The summed E-state index contributed by atoms with van der Waals surface area (Å²) in [5.41, 5.74) is 8.54. The first kappa shape index (κ1) is 16.3. The minimum Gasteiger partial charge on any atom is -0.458 e. The van der Waals surface area contributed by atoms with Crippen molar-refractivity contribution in [1.29, 1.82) is 0 Å². The van der Waals surface area contributed by atoms with Crippen molar-refractivity contribution >= 4 is 11.9 Å². The van der Waals surface area contributed by atoms with Crippen molar-refractivity contribution in [3.05, 3.63) is 12.2 Å². The van der Waals surface area contributed by atoms with Gasteiger partial charge < -0.3 is 31.2 Å². The van der Waals surface area contributed by atoms with Crippen LogP contribution in [-0.4, -0.2) is 67.8 Å². The van der Waals surface area contributed by atoms with Gasteiger partial charge in [0.25, 0.3) is 5.91 Å². The smallest absolute Gasteiger partial charge is 0.364 e.